The highest BCUT2D eigenvalue weighted by Crippen LogP contribution is 2.28. The number of aryl methyl sites for hydroxylation is 1. The number of methoxy groups -OCH3 is 2. The third-order valence-corrected chi connectivity index (χ3v) is 6.20. The number of aliphatic hydroxyl groups is 1. The number of amides is 1. The van der Waals surface area contributed by atoms with Gasteiger partial charge >= 0.3 is 0 Å². The Kier molecular flexibility index (Phi) is 9.93. The maximum absolute atomic E-state index is 12.7. The Balaban J connectivity index is 1.42. The SMILES string of the molecule is COc1ccc(CCC(=O)N2CCCN(CC(O)COc3ccc(C(C)=O)cc3OC)CC2)cc1. The Morgan fingerprint density at radius 1 is 0.971 bits per heavy atom. The maximum atomic E-state index is 12.7. The van der Waals surface area contributed by atoms with Crippen LogP contribution in [0, 0.1) is 0 Å². The van der Waals surface area contributed by atoms with E-state index in [4.69, 9.17) is 14.2 Å². The van der Waals surface area contributed by atoms with Gasteiger partial charge < -0.3 is 24.2 Å². The Morgan fingerprint density at radius 2 is 1.74 bits per heavy atom. The Hall–Kier alpha value is -3.10. The lowest BCUT2D eigenvalue weighted by Crippen LogP contribution is -2.39. The molecule has 0 bridgehead atoms. The van der Waals surface area contributed by atoms with Gasteiger partial charge in [-0.25, -0.2) is 0 Å². The van der Waals surface area contributed by atoms with Crippen molar-refractivity contribution < 1.29 is 28.9 Å². The Labute approximate surface area is 207 Å². The molecule has 1 aliphatic rings. The number of Topliss-reactive ketones (excluding diaryl/α,β-unsaturated/α-hetero) is 1. The molecule has 0 radical (unpaired) electrons. The molecule has 0 aliphatic carbocycles. The van der Waals surface area contributed by atoms with E-state index in [0.29, 0.717) is 49.5 Å². The molecular formula is C27H36N2O6. The van der Waals surface area contributed by atoms with E-state index in [1.54, 1.807) is 25.3 Å². The van der Waals surface area contributed by atoms with Gasteiger partial charge in [0.25, 0.3) is 0 Å². The molecule has 1 atom stereocenters. The van der Waals surface area contributed by atoms with Crippen LogP contribution < -0.4 is 14.2 Å². The van der Waals surface area contributed by atoms with Crippen LogP contribution in [-0.2, 0) is 11.2 Å². The monoisotopic (exact) mass is 484 g/mol. The molecule has 1 fully saturated rings. The lowest BCUT2D eigenvalue weighted by molar-refractivity contribution is -0.131. The number of hydrogen-bond acceptors (Lipinski definition) is 7. The maximum Gasteiger partial charge on any atom is 0.222 e. The molecule has 190 valence electrons. The van der Waals surface area contributed by atoms with Gasteiger partial charge in [-0.3, -0.25) is 14.5 Å². The fraction of sp³-hybridized carbons (Fsp3) is 0.481. The summed E-state index contributed by atoms with van der Waals surface area (Å²) in [5.41, 5.74) is 1.66. The van der Waals surface area contributed by atoms with E-state index in [1.165, 1.54) is 14.0 Å². The van der Waals surface area contributed by atoms with Crippen LogP contribution in [0.5, 0.6) is 17.2 Å². The molecule has 0 spiro atoms. The van der Waals surface area contributed by atoms with Crippen molar-refractivity contribution in [3.63, 3.8) is 0 Å². The van der Waals surface area contributed by atoms with E-state index >= 15 is 0 Å². The van der Waals surface area contributed by atoms with Gasteiger partial charge in [0.2, 0.25) is 5.91 Å². The molecule has 1 unspecified atom stereocenters. The number of benzene rings is 2. The first kappa shape index (κ1) is 26.5. The van der Waals surface area contributed by atoms with Crippen molar-refractivity contribution in [3.8, 4) is 17.2 Å². The molecule has 1 aliphatic heterocycles. The highest BCUT2D eigenvalue weighted by molar-refractivity contribution is 5.94. The molecule has 1 N–H and O–H groups in total. The summed E-state index contributed by atoms with van der Waals surface area (Å²) < 4.78 is 16.3. The average molecular weight is 485 g/mol. The highest BCUT2D eigenvalue weighted by Gasteiger charge is 2.21. The molecule has 2 aromatic carbocycles. The van der Waals surface area contributed by atoms with Crippen molar-refractivity contribution >= 4 is 11.7 Å². The number of nitrogens with zero attached hydrogens (tertiary/aromatic N) is 2. The summed E-state index contributed by atoms with van der Waals surface area (Å²) in [5, 5.41) is 10.5. The van der Waals surface area contributed by atoms with E-state index in [-0.39, 0.29) is 18.3 Å². The van der Waals surface area contributed by atoms with Crippen LogP contribution >= 0.6 is 0 Å². The molecule has 2 aromatic rings. The summed E-state index contributed by atoms with van der Waals surface area (Å²) in [6.07, 6.45) is 1.36. The van der Waals surface area contributed by atoms with Gasteiger partial charge in [0.05, 0.1) is 14.2 Å². The van der Waals surface area contributed by atoms with Gasteiger partial charge in [-0.2, -0.15) is 0 Å². The van der Waals surface area contributed by atoms with Crippen LogP contribution in [0.4, 0.5) is 0 Å². The lowest BCUT2D eigenvalue weighted by Gasteiger charge is -2.24. The molecule has 3 rings (SSSR count). The molecule has 8 heteroatoms. The fourth-order valence-electron chi connectivity index (χ4n) is 4.15. The average Bonchev–Trinajstić information content (AvgIpc) is 3.11. The second-order valence-electron chi connectivity index (χ2n) is 8.77. The van der Waals surface area contributed by atoms with Crippen molar-refractivity contribution in [2.45, 2.75) is 32.3 Å². The Bertz CT molecular complexity index is 978. The van der Waals surface area contributed by atoms with Gasteiger partial charge in [0, 0.05) is 38.2 Å². The van der Waals surface area contributed by atoms with Crippen LogP contribution in [0.3, 0.4) is 0 Å². The summed E-state index contributed by atoms with van der Waals surface area (Å²) in [6, 6.07) is 12.8. The van der Waals surface area contributed by atoms with E-state index in [1.807, 2.05) is 29.2 Å². The van der Waals surface area contributed by atoms with Crippen LogP contribution in [0.2, 0.25) is 0 Å². The van der Waals surface area contributed by atoms with Crippen LogP contribution in [0.1, 0.15) is 35.7 Å². The number of ketones is 1. The van der Waals surface area contributed by atoms with Gasteiger partial charge in [0.15, 0.2) is 17.3 Å². The minimum Gasteiger partial charge on any atom is -0.497 e. The second kappa shape index (κ2) is 13.1. The number of hydrogen-bond donors (Lipinski definition) is 1. The second-order valence-corrected chi connectivity index (χ2v) is 8.77. The van der Waals surface area contributed by atoms with Crippen molar-refractivity contribution in [2.24, 2.45) is 0 Å². The number of ether oxygens (including phenoxy) is 3. The minimum absolute atomic E-state index is 0.0516. The highest BCUT2D eigenvalue weighted by atomic mass is 16.5. The molecule has 8 nitrogen and oxygen atoms in total. The number of carbonyl (C=O) groups is 2. The molecule has 1 heterocycles. The quantitative estimate of drug-likeness (QED) is 0.491. The van der Waals surface area contributed by atoms with E-state index < -0.39 is 6.10 Å². The first-order valence-corrected chi connectivity index (χ1v) is 12.0. The van der Waals surface area contributed by atoms with E-state index in [0.717, 1.165) is 30.8 Å². The number of rotatable bonds is 11. The molecule has 0 saturated carbocycles. The van der Waals surface area contributed by atoms with Gasteiger partial charge in [0.1, 0.15) is 18.5 Å². The zero-order chi connectivity index (χ0) is 25.2. The lowest BCUT2D eigenvalue weighted by atomic mass is 10.1. The third-order valence-electron chi connectivity index (χ3n) is 6.20. The minimum atomic E-state index is -0.690. The summed E-state index contributed by atoms with van der Waals surface area (Å²) in [6.45, 7) is 4.96. The van der Waals surface area contributed by atoms with Gasteiger partial charge in [-0.15, -0.1) is 0 Å². The number of carbonyl (C=O) groups excluding carboxylic acids is 2. The normalized spacial score (nSPS) is 15.3. The van der Waals surface area contributed by atoms with Crippen LogP contribution in [0.25, 0.3) is 0 Å². The first-order chi connectivity index (χ1) is 16.9. The molecule has 35 heavy (non-hydrogen) atoms. The summed E-state index contributed by atoms with van der Waals surface area (Å²) in [7, 11) is 3.16. The zero-order valence-corrected chi connectivity index (χ0v) is 20.9. The van der Waals surface area contributed by atoms with Crippen molar-refractivity contribution in [2.75, 3.05) is 53.6 Å². The molecule has 0 aromatic heterocycles. The third kappa shape index (κ3) is 7.97. The van der Waals surface area contributed by atoms with Gasteiger partial charge in [-0.05, 0) is 62.2 Å². The van der Waals surface area contributed by atoms with Crippen molar-refractivity contribution in [1.29, 1.82) is 0 Å². The topological polar surface area (TPSA) is 88.5 Å². The molecule has 1 amide bonds. The zero-order valence-electron chi connectivity index (χ0n) is 20.9. The predicted octanol–water partition coefficient (Wildman–Crippen LogP) is 2.81. The first-order valence-electron chi connectivity index (χ1n) is 12.0. The van der Waals surface area contributed by atoms with E-state index in [9.17, 15) is 14.7 Å². The summed E-state index contributed by atoms with van der Waals surface area (Å²) in [4.78, 5) is 28.4. The summed E-state index contributed by atoms with van der Waals surface area (Å²) >= 11 is 0. The predicted molar refractivity (Wildman–Crippen MR) is 133 cm³/mol. The molecular weight excluding hydrogens is 448 g/mol. The fourth-order valence-corrected chi connectivity index (χ4v) is 4.15. The van der Waals surface area contributed by atoms with Crippen LogP contribution in [-0.4, -0.2) is 86.3 Å². The summed E-state index contributed by atoms with van der Waals surface area (Å²) in [5.74, 6) is 1.87. The Morgan fingerprint density at radius 3 is 2.43 bits per heavy atom. The van der Waals surface area contributed by atoms with Crippen molar-refractivity contribution in [3.05, 3.63) is 53.6 Å². The van der Waals surface area contributed by atoms with Crippen molar-refractivity contribution in [1.82, 2.24) is 9.80 Å². The van der Waals surface area contributed by atoms with E-state index in [2.05, 4.69) is 4.90 Å². The van der Waals surface area contributed by atoms with Crippen LogP contribution in [0.15, 0.2) is 42.5 Å². The largest absolute Gasteiger partial charge is 0.497 e. The molecule has 1 saturated heterocycles. The number of aliphatic hydroxyl groups excluding tert-OH is 1. The number of β-amino-alcohol motifs (C(OH)–C–C–N with tert-alkyl or cyclic N) is 1. The smallest absolute Gasteiger partial charge is 0.222 e. The standard InChI is InChI=1S/C27H36N2O6/c1-20(30)22-8-11-25(26(17-22)34-3)35-19-23(31)18-28-13-4-14-29(16-15-28)27(32)12-7-21-5-9-24(33-2)10-6-21/h5-6,8-11,17,23,31H,4,7,12-16,18-19H2,1-3H3. The van der Waals surface area contributed by atoms with Gasteiger partial charge in [-0.1, -0.05) is 12.1 Å².